The van der Waals surface area contributed by atoms with Crippen molar-refractivity contribution in [1.82, 2.24) is 4.57 Å². The zero-order valence-electron chi connectivity index (χ0n) is 11.0. The van der Waals surface area contributed by atoms with E-state index in [1.165, 1.54) is 4.57 Å². The van der Waals surface area contributed by atoms with Gasteiger partial charge >= 0.3 is 0 Å². The van der Waals surface area contributed by atoms with Crippen molar-refractivity contribution >= 4 is 26.4 Å². The van der Waals surface area contributed by atoms with Crippen LogP contribution >= 0.6 is 0 Å². The molecule has 2 N–H and O–H groups in total. The molecule has 1 atom stereocenters. The van der Waals surface area contributed by atoms with Crippen molar-refractivity contribution in [2.24, 2.45) is 5.92 Å². The predicted molar refractivity (Wildman–Crippen MR) is 79.4 cm³/mol. The highest BCUT2D eigenvalue weighted by atomic mass is 32.2. The van der Waals surface area contributed by atoms with Crippen LogP contribution in [0.4, 0.5) is 5.82 Å². The molecule has 1 saturated heterocycles. The first-order chi connectivity index (χ1) is 9.46. The van der Waals surface area contributed by atoms with Crippen LogP contribution in [0.3, 0.4) is 0 Å². The summed E-state index contributed by atoms with van der Waals surface area (Å²) >= 11 is 0. The van der Waals surface area contributed by atoms with E-state index in [9.17, 15) is 13.2 Å². The first kappa shape index (κ1) is 13.2. The molecule has 20 heavy (non-hydrogen) atoms. The lowest BCUT2D eigenvalue weighted by atomic mass is 10.1. The third-order valence-corrected chi connectivity index (χ3v) is 5.66. The van der Waals surface area contributed by atoms with Crippen molar-refractivity contribution in [2.45, 2.75) is 13.0 Å². The monoisotopic (exact) mass is 292 g/mol. The molecule has 0 radical (unpaired) electrons. The van der Waals surface area contributed by atoms with Gasteiger partial charge in [-0.3, -0.25) is 9.36 Å². The van der Waals surface area contributed by atoms with Crippen LogP contribution in [0.5, 0.6) is 0 Å². The van der Waals surface area contributed by atoms with Gasteiger partial charge in [-0.1, -0.05) is 18.2 Å². The highest BCUT2D eigenvalue weighted by molar-refractivity contribution is 7.91. The summed E-state index contributed by atoms with van der Waals surface area (Å²) in [7, 11) is -2.94. The summed E-state index contributed by atoms with van der Waals surface area (Å²) in [4.78, 5) is 12.4. The molecule has 3 rings (SSSR count). The molecule has 5 nitrogen and oxygen atoms in total. The Hall–Kier alpha value is -1.82. The van der Waals surface area contributed by atoms with Gasteiger partial charge < -0.3 is 5.73 Å². The number of hydrogen-bond donors (Lipinski definition) is 1. The molecule has 1 unspecified atom stereocenters. The third kappa shape index (κ3) is 2.31. The lowest BCUT2D eigenvalue weighted by molar-refractivity contribution is 0.487. The number of hydrogen-bond acceptors (Lipinski definition) is 4. The normalized spacial score (nSPS) is 21.3. The van der Waals surface area contributed by atoms with Crippen LogP contribution in [-0.4, -0.2) is 24.5 Å². The quantitative estimate of drug-likeness (QED) is 0.896. The van der Waals surface area contributed by atoms with E-state index < -0.39 is 9.84 Å². The number of pyridine rings is 1. The van der Waals surface area contributed by atoms with E-state index in [4.69, 9.17) is 5.73 Å². The van der Waals surface area contributed by atoms with Crippen LogP contribution < -0.4 is 11.3 Å². The highest BCUT2D eigenvalue weighted by Crippen LogP contribution is 2.21. The van der Waals surface area contributed by atoms with Gasteiger partial charge in [0, 0.05) is 11.9 Å². The van der Waals surface area contributed by atoms with E-state index in [0.29, 0.717) is 24.2 Å². The second-order valence-electron chi connectivity index (χ2n) is 5.34. The fourth-order valence-electron chi connectivity index (χ4n) is 2.78. The fourth-order valence-corrected chi connectivity index (χ4v) is 4.63. The summed E-state index contributed by atoms with van der Waals surface area (Å²) in [5, 5.41) is 1.42. The zero-order valence-corrected chi connectivity index (χ0v) is 11.8. The first-order valence-corrected chi connectivity index (χ1v) is 8.37. The Bertz CT molecular complexity index is 824. The summed E-state index contributed by atoms with van der Waals surface area (Å²) in [6.45, 7) is 0.370. The fraction of sp³-hybridized carbons (Fsp3) is 0.357. The number of fused-ring (bicyclic) bond motifs is 1. The number of anilines is 1. The molecule has 1 fully saturated rings. The number of sulfone groups is 1. The van der Waals surface area contributed by atoms with Gasteiger partial charge in [-0.25, -0.2) is 8.42 Å². The molecule has 106 valence electrons. The van der Waals surface area contributed by atoms with Gasteiger partial charge in [-0.15, -0.1) is 0 Å². The minimum absolute atomic E-state index is 0.0267. The molecule has 0 saturated carbocycles. The number of nitrogens with zero attached hydrogens (tertiary/aromatic N) is 1. The number of benzene rings is 1. The van der Waals surface area contributed by atoms with Gasteiger partial charge in [0.05, 0.1) is 11.5 Å². The van der Waals surface area contributed by atoms with Gasteiger partial charge in [-0.05, 0) is 29.9 Å². The van der Waals surface area contributed by atoms with Gasteiger partial charge in [0.15, 0.2) is 9.84 Å². The first-order valence-electron chi connectivity index (χ1n) is 6.55. The molecular weight excluding hydrogens is 276 g/mol. The van der Waals surface area contributed by atoms with Crippen LogP contribution in [0.15, 0.2) is 35.1 Å². The average molecular weight is 292 g/mol. The summed E-state index contributed by atoms with van der Waals surface area (Å²) < 4.78 is 24.5. The molecule has 1 aromatic carbocycles. The average Bonchev–Trinajstić information content (AvgIpc) is 2.74. The van der Waals surface area contributed by atoms with Crippen molar-refractivity contribution in [3.63, 3.8) is 0 Å². The van der Waals surface area contributed by atoms with Crippen LogP contribution in [-0.2, 0) is 16.4 Å². The molecule has 2 aromatic rings. The van der Waals surface area contributed by atoms with Crippen molar-refractivity contribution in [2.75, 3.05) is 17.2 Å². The number of nitrogens with two attached hydrogens (primary N) is 1. The van der Waals surface area contributed by atoms with E-state index in [-0.39, 0.29) is 23.0 Å². The van der Waals surface area contributed by atoms with E-state index >= 15 is 0 Å². The Kier molecular flexibility index (Phi) is 3.05. The van der Waals surface area contributed by atoms with E-state index in [2.05, 4.69) is 0 Å². The molecule has 6 heteroatoms. The van der Waals surface area contributed by atoms with E-state index in [1.54, 1.807) is 12.1 Å². The smallest absolute Gasteiger partial charge is 0.259 e. The standard InChI is InChI=1S/C14H16N2O3S/c15-13-7-11-3-1-2-4-12(11)14(17)16(13)8-10-5-6-20(18,19)9-10/h1-4,7,10H,5-6,8-9,15H2. The summed E-state index contributed by atoms with van der Waals surface area (Å²) in [5.74, 6) is 0.713. The zero-order chi connectivity index (χ0) is 14.3. The Balaban J connectivity index is 2.02. The highest BCUT2D eigenvalue weighted by Gasteiger charge is 2.28. The molecule has 0 amide bonds. The van der Waals surface area contributed by atoms with Crippen molar-refractivity contribution in [1.29, 1.82) is 0 Å². The molecule has 1 aliphatic heterocycles. The topological polar surface area (TPSA) is 82.2 Å². The SMILES string of the molecule is Nc1cc2ccccc2c(=O)n1CC1CCS(=O)(=O)C1. The van der Waals surface area contributed by atoms with Gasteiger partial charge in [0.1, 0.15) is 5.82 Å². The van der Waals surface area contributed by atoms with Gasteiger partial charge in [0.25, 0.3) is 5.56 Å². The number of nitrogen functional groups attached to an aromatic ring is 1. The Morgan fingerprint density at radius 3 is 2.75 bits per heavy atom. The molecule has 1 aromatic heterocycles. The second kappa shape index (κ2) is 4.63. The molecule has 1 aliphatic rings. The summed E-state index contributed by atoms with van der Waals surface area (Å²) in [6, 6.07) is 9.04. The van der Waals surface area contributed by atoms with Crippen LogP contribution in [0, 0.1) is 5.92 Å². The Morgan fingerprint density at radius 1 is 1.30 bits per heavy atom. The van der Waals surface area contributed by atoms with Crippen LogP contribution in [0.2, 0.25) is 0 Å². The minimum Gasteiger partial charge on any atom is -0.385 e. The van der Waals surface area contributed by atoms with Crippen molar-refractivity contribution in [3.8, 4) is 0 Å². The van der Waals surface area contributed by atoms with Gasteiger partial charge in [0.2, 0.25) is 0 Å². The van der Waals surface area contributed by atoms with Gasteiger partial charge in [-0.2, -0.15) is 0 Å². The second-order valence-corrected chi connectivity index (χ2v) is 7.57. The maximum Gasteiger partial charge on any atom is 0.259 e. The lowest BCUT2D eigenvalue weighted by Crippen LogP contribution is -2.27. The molecule has 0 aliphatic carbocycles. The summed E-state index contributed by atoms with van der Waals surface area (Å²) in [6.07, 6.45) is 0.598. The maximum absolute atomic E-state index is 12.4. The molecule has 2 heterocycles. The molecular formula is C14H16N2O3S. The van der Waals surface area contributed by atoms with Crippen molar-refractivity contribution < 1.29 is 8.42 Å². The minimum atomic E-state index is -2.94. The van der Waals surface area contributed by atoms with E-state index in [0.717, 1.165) is 5.39 Å². The molecule has 0 bridgehead atoms. The largest absolute Gasteiger partial charge is 0.385 e. The number of aromatic nitrogens is 1. The maximum atomic E-state index is 12.4. The molecule has 0 spiro atoms. The van der Waals surface area contributed by atoms with Crippen molar-refractivity contribution in [3.05, 3.63) is 40.7 Å². The number of rotatable bonds is 2. The van der Waals surface area contributed by atoms with Crippen LogP contribution in [0.25, 0.3) is 10.8 Å². The van der Waals surface area contributed by atoms with Crippen LogP contribution in [0.1, 0.15) is 6.42 Å². The Labute approximate surface area is 116 Å². The predicted octanol–water partition coefficient (Wildman–Crippen LogP) is 1.02. The van der Waals surface area contributed by atoms with E-state index in [1.807, 2.05) is 18.2 Å². The Morgan fingerprint density at radius 2 is 2.05 bits per heavy atom. The summed E-state index contributed by atoms with van der Waals surface area (Å²) in [5.41, 5.74) is 5.80. The lowest BCUT2D eigenvalue weighted by Gasteiger charge is -2.14. The third-order valence-electron chi connectivity index (χ3n) is 3.82.